The third-order valence-corrected chi connectivity index (χ3v) is 4.39. The van der Waals surface area contributed by atoms with Crippen LogP contribution in [-0.2, 0) is 20.9 Å². The summed E-state index contributed by atoms with van der Waals surface area (Å²) >= 11 is 0. The summed E-state index contributed by atoms with van der Waals surface area (Å²) in [7, 11) is 0. The number of carboxylic acid groups (broad SMARTS) is 1. The number of morpholine rings is 1. The fourth-order valence-electron chi connectivity index (χ4n) is 2.95. The van der Waals surface area contributed by atoms with E-state index in [2.05, 4.69) is 0 Å². The van der Waals surface area contributed by atoms with Gasteiger partial charge in [0.2, 0.25) is 0 Å². The zero-order valence-corrected chi connectivity index (χ0v) is 15.5. The highest BCUT2D eigenvalue weighted by Crippen LogP contribution is 2.19. The first kappa shape index (κ1) is 19.7. The van der Waals surface area contributed by atoms with Gasteiger partial charge >= 0.3 is 5.97 Å². The van der Waals surface area contributed by atoms with Gasteiger partial charge < -0.3 is 24.2 Å². The smallest absolute Gasteiger partial charge is 0.305 e. The highest BCUT2D eigenvalue weighted by atomic mass is 16.5. The molecule has 2 aromatic carbocycles. The van der Waals surface area contributed by atoms with Gasteiger partial charge in [-0.3, -0.25) is 9.59 Å². The van der Waals surface area contributed by atoms with Crippen LogP contribution in [0.25, 0.3) is 0 Å². The van der Waals surface area contributed by atoms with E-state index in [0.717, 1.165) is 5.56 Å². The van der Waals surface area contributed by atoms with E-state index in [4.69, 9.17) is 19.3 Å². The molecule has 0 spiro atoms. The van der Waals surface area contributed by atoms with Crippen molar-refractivity contribution in [3.05, 3.63) is 60.2 Å². The molecule has 0 aromatic heterocycles. The molecular formula is C21H23NO6. The summed E-state index contributed by atoms with van der Waals surface area (Å²) in [5, 5.41) is 8.98. The number of benzene rings is 2. The van der Waals surface area contributed by atoms with Gasteiger partial charge in [0.05, 0.1) is 25.7 Å². The average molecular weight is 385 g/mol. The molecule has 1 N–H and O–H groups in total. The minimum Gasteiger partial charge on any atom is -0.489 e. The van der Waals surface area contributed by atoms with E-state index < -0.39 is 12.0 Å². The normalized spacial score (nSPS) is 16.4. The largest absolute Gasteiger partial charge is 0.489 e. The molecule has 0 radical (unpaired) electrons. The number of carboxylic acids is 1. The van der Waals surface area contributed by atoms with Gasteiger partial charge in [0, 0.05) is 6.54 Å². The summed E-state index contributed by atoms with van der Waals surface area (Å²) in [6.07, 6.45) is -0.140. The summed E-state index contributed by atoms with van der Waals surface area (Å²) in [6, 6.07) is 16.4. The molecule has 0 saturated carbocycles. The van der Waals surface area contributed by atoms with Crippen LogP contribution in [0.1, 0.15) is 12.0 Å². The molecule has 1 unspecified atom stereocenters. The SMILES string of the molecule is O=C(O)CC1COCCN1C(=O)COc1ccc(OCc2ccccc2)cc1. The lowest BCUT2D eigenvalue weighted by atomic mass is 10.1. The summed E-state index contributed by atoms with van der Waals surface area (Å²) in [5.74, 6) is 0.0416. The van der Waals surface area contributed by atoms with Crippen LogP contribution in [0.4, 0.5) is 0 Å². The van der Waals surface area contributed by atoms with Crippen LogP contribution in [0.2, 0.25) is 0 Å². The Bertz CT molecular complexity index is 777. The van der Waals surface area contributed by atoms with Crippen LogP contribution in [0, 0.1) is 0 Å². The average Bonchev–Trinajstić information content (AvgIpc) is 2.72. The molecule has 3 rings (SSSR count). The second-order valence-electron chi connectivity index (χ2n) is 6.45. The van der Waals surface area contributed by atoms with Gasteiger partial charge in [0.15, 0.2) is 6.61 Å². The maximum atomic E-state index is 12.4. The first-order valence-electron chi connectivity index (χ1n) is 9.10. The molecule has 1 heterocycles. The fourth-order valence-corrected chi connectivity index (χ4v) is 2.95. The molecule has 0 bridgehead atoms. The number of ether oxygens (including phenoxy) is 3. The highest BCUT2D eigenvalue weighted by Gasteiger charge is 2.29. The van der Waals surface area contributed by atoms with Crippen molar-refractivity contribution in [2.24, 2.45) is 0 Å². The number of aliphatic carboxylic acids is 1. The van der Waals surface area contributed by atoms with E-state index in [1.54, 1.807) is 24.3 Å². The van der Waals surface area contributed by atoms with E-state index in [0.29, 0.717) is 31.3 Å². The zero-order chi connectivity index (χ0) is 19.8. The fraction of sp³-hybridized carbons (Fsp3) is 0.333. The van der Waals surface area contributed by atoms with Crippen molar-refractivity contribution in [3.63, 3.8) is 0 Å². The van der Waals surface area contributed by atoms with Gasteiger partial charge in [-0.1, -0.05) is 30.3 Å². The van der Waals surface area contributed by atoms with Crippen molar-refractivity contribution in [1.82, 2.24) is 4.90 Å². The molecule has 28 heavy (non-hydrogen) atoms. The molecule has 2 aromatic rings. The quantitative estimate of drug-likeness (QED) is 0.751. The molecule has 1 amide bonds. The lowest BCUT2D eigenvalue weighted by molar-refractivity contribution is -0.147. The summed E-state index contributed by atoms with van der Waals surface area (Å²) in [5.41, 5.74) is 1.08. The number of nitrogens with zero attached hydrogens (tertiary/aromatic N) is 1. The second kappa shape index (κ2) is 9.75. The van der Waals surface area contributed by atoms with Crippen LogP contribution < -0.4 is 9.47 Å². The molecule has 1 aliphatic heterocycles. The topological polar surface area (TPSA) is 85.3 Å². The van der Waals surface area contributed by atoms with Crippen molar-refractivity contribution in [3.8, 4) is 11.5 Å². The van der Waals surface area contributed by atoms with Crippen LogP contribution >= 0.6 is 0 Å². The summed E-state index contributed by atoms with van der Waals surface area (Å²) < 4.78 is 16.6. The molecule has 1 aliphatic rings. The Hall–Kier alpha value is -3.06. The summed E-state index contributed by atoms with van der Waals surface area (Å²) in [4.78, 5) is 24.9. The maximum Gasteiger partial charge on any atom is 0.305 e. The van der Waals surface area contributed by atoms with Gasteiger partial charge in [-0.15, -0.1) is 0 Å². The number of rotatable bonds is 8. The van der Waals surface area contributed by atoms with E-state index in [-0.39, 0.29) is 25.5 Å². The molecule has 1 fully saturated rings. The van der Waals surface area contributed by atoms with Crippen molar-refractivity contribution < 1.29 is 28.9 Å². The zero-order valence-electron chi connectivity index (χ0n) is 15.5. The number of amides is 1. The van der Waals surface area contributed by atoms with Gasteiger partial charge in [0.1, 0.15) is 18.1 Å². The molecule has 7 nitrogen and oxygen atoms in total. The standard InChI is InChI=1S/C21H23NO6/c23-20(22-10-11-26-14-17(22)12-21(24)25)15-28-19-8-6-18(7-9-19)27-13-16-4-2-1-3-5-16/h1-9,17H,10-15H2,(H,24,25). The minimum atomic E-state index is -0.958. The van der Waals surface area contributed by atoms with Crippen LogP contribution in [0.5, 0.6) is 11.5 Å². The molecule has 0 aliphatic carbocycles. The molecule has 148 valence electrons. The third kappa shape index (κ3) is 5.72. The third-order valence-electron chi connectivity index (χ3n) is 4.39. The van der Waals surface area contributed by atoms with Gasteiger partial charge in [-0.2, -0.15) is 0 Å². The predicted molar refractivity (Wildman–Crippen MR) is 101 cm³/mol. The predicted octanol–water partition coefficient (Wildman–Crippen LogP) is 2.35. The Morgan fingerprint density at radius 2 is 1.71 bits per heavy atom. The maximum absolute atomic E-state index is 12.4. The Labute approximate surface area is 163 Å². The molecule has 1 saturated heterocycles. The Morgan fingerprint density at radius 3 is 2.39 bits per heavy atom. The first-order chi connectivity index (χ1) is 13.6. The molecular weight excluding hydrogens is 362 g/mol. The Balaban J connectivity index is 1.48. The Kier molecular flexibility index (Phi) is 6.86. The van der Waals surface area contributed by atoms with Crippen LogP contribution in [0.3, 0.4) is 0 Å². The van der Waals surface area contributed by atoms with E-state index in [9.17, 15) is 9.59 Å². The number of carbonyl (C=O) groups is 2. The lowest BCUT2D eigenvalue weighted by Gasteiger charge is -2.34. The monoisotopic (exact) mass is 385 g/mol. The van der Waals surface area contributed by atoms with Crippen molar-refractivity contribution in [2.45, 2.75) is 19.1 Å². The van der Waals surface area contributed by atoms with Crippen molar-refractivity contribution >= 4 is 11.9 Å². The molecule has 7 heteroatoms. The minimum absolute atomic E-state index is 0.140. The number of carbonyl (C=O) groups excluding carboxylic acids is 1. The van der Waals surface area contributed by atoms with E-state index >= 15 is 0 Å². The van der Waals surface area contributed by atoms with Crippen molar-refractivity contribution in [2.75, 3.05) is 26.4 Å². The van der Waals surface area contributed by atoms with Gasteiger partial charge in [0.25, 0.3) is 5.91 Å². The second-order valence-corrected chi connectivity index (χ2v) is 6.45. The lowest BCUT2D eigenvalue weighted by Crippen LogP contribution is -2.51. The van der Waals surface area contributed by atoms with Gasteiger partial charge in [-0.05, 0) is 29.8 Å². The number of hydrogen-bond acceptors (Lipinski definition) is 5. The number of hydrogen-bond donors (Lipinski definition) is 1. The highest BCUT2D eigenvalue weighted by molar-refractivity contribution is 5.79. The Morgan fingerprint density at radius 1 is 1.04 bits per heavy atom. The van der Waals surface area contributed by atoms with Gasteiger partial charge in [-0.25, -0.2) is 0 Å². The van der Waals surface area contributed by atoms with E-state index in [1.165, 1.54) is 4.90 Å². The van der Waals surface area contributed by atoms with Crippen LogP contribution in [0.15, 0.2) is 54.6 Å². The first-order valence-corrected chi connectivity index (χ1v) is 9.10. The summed E-state index contributed by atoms with van der Waals surface area (Å²) in [6.45, 7) is 1.31. The van der Waals surface area contributed by atoms with Crippen LogP contribution in [-0.4, -0.2) is 54.3 Å². The molecule has 1 atom stereocenters. The van der Waals surface area contributed by atoms with E-state index in [1.807, 2.05) is 30.3 Å². The van der Waals surface area contributed by atoms with Crippen molar-refractivity contribution in [1.29, 1.82) is 0 Å².